The third-order valence-electron chi connectivity index (χ3n) is 4.56. The number of H-pyrrole nitrogens is 1. The van der Waals surface area contributed by atoms with Crippen molar-refractivity contribution < 1.29 is 4.79 Å². The van der Waals surface area contributed by atoms with Crippen LogP contribution in [0.1, 0.15) is 29.8 Å². The Morgan fingerprint density at radius 2 is 1.95 bits per heavy atom. The van der Waals surface area contributed by atoms with Crippen molar-refractivity contribution >= 4 is 21.8 Å². The van der Waals surface area contributed by atoms with Crippen molar-refractivity contribution in [1.82, 2.24) is 15.1 Å². The first-order valence-corrected chi connectivity index (χ1v) is 8.59. The topological polar surface area (TPSA) is 49.0 Å². The molecule has 0 radical (unpaired) electrons. The lowest BCUT2D eigenvalue weighted by atomic mass is 9.93. The normalized spacial score (nSPS) is 18.3. The number of benzene rings is 1. The van der Waals surface area contributed by atoms with Crippen LogP contribution in [-0.2, 0) is 0 Å². The van der Waals surface area contributed by atoms with E-state index in [0.717, 1.165) is 34.7 Å². The number of nitrogens with one attached hydrogen (secondary N) is 1. The second-order valence-electron chi connectivity index (χ2n) is 6.43. The van der Waals surface area contributed by atoms with Gasteiger partial charge in [-0.25, -0.2) is 0 Å². The molecule has 1 aliphatic carbocycles. The fraction of sp³-hybridized carbons (Fsp3) is 0.412. The quantitative estimate of drug-likeness (QED) is 0.904. The zero-order valence-electron chi connectivity index (χ0n) is 12.3. The molecule has 2 heterocycles. The van der Waals surface area contributed by atoms with Crippen molar-refractivity contribution in [2.24, 2.45) is 11.8 Å². The van der Waals surface area contributed by atoms with Crippen molar-refractivity contribution in [3.63, 3.8) is 0 Å². The van der Waals surface area contributed by atoms with E-state index in [9.17, 15) is 4.79 Å². The zero-order valence-corrected chi connectivity index (χ0v) is 13.8. The summed E-state index contributed by atoms with van der Waals surface area (Å²) in [5.41, 5.74) is 2.41. The maximum atomic E-state index is 12.4. The molecule has 0 spiro atoms. The summed E-state index contributed by atoms with van der Waals surface area (Å²) in [6, 6.07) is 9.78. The van der Waals surface area contributed by atoms with Gasteiger partial charge in [0.25, 0.3) is 5.91 Å². The number of carbonyl (C=O) groups is 1. The smallest absolute Gasteiger partial charge is 0.271 e. The van der Waals surface area contributed by atoms with Gasteiger partial charge in [0.1, 0.15) is 5.69 Å². The number of amides is 1. The molecule has 1 N–H and O–H groups in total. The van der Waals surface area contributed by atoms with Crippen molar-refractivity contribution in [3.05, 3.63) is 40.5 Å². The van der Waals surface area contributed by atoms with Crippen LogP contribution in [0.5, 0.6) is 0 Å². The van der Waals surface area contributed by atoms with Crippen LogP contribution in [0.4, 0.5) is 0 Å². The van der Waals surface area contributed by atoms with Crippen LogP contribution in [0.25, 0.3) is 11.3 Å². The maximum Gasteiger partial charge on any atom is 0.271 e. The molecule has 1 aromatic heterocycles. The summed E-state index contributed by atoms with van der Waals surface area (Å²) in [4.78, 5) is 14.3. The maximum absolute atomic E-state index is 12.4. The minimum absolute atomic E-state index is 0.0721. The van der Waals surface area contributed by atoms with Gasteiger partial charge in [-0.1, -0.05) is 40.9 Å². The van der Waals surface area contributed by atoms with E-state index < -0.39 is 0 Å². The Kier molecular flexibility index (Phi) is 3.53. The number of halogens is 1. The monoisotopic (exact) mass is 359 g/mol. The predicted molar refractivity (Wildman–Crippen MR) is 88.5 cm³/mol. The molecular formula is C17H18BrN3O. The average molecular weight is 360 g/mol. The van der Waals surface area contributed by atoms with E-state index in [0.29, 0.717) is 11.6 Å². The number of nitrogens with zero attached hydrogens (tertiary/aromatic N) is 2. The van der Waals surface area contributed by atoms with Crippen LogP contribution < -0.4 is 0 Å². The molecule has 1 saturated heterocycles. The summed E-state index contributed by atoms with van der Waals surface area (Å²) in [5, 5.41) is 7.15. The van der Waals surface area contributed by atoms with Crippen LogP contribution in [-0.4, -0.2) is 34.1 Å². The van der Waals surface area contributed by atoms with Gasteiger partial charge in [0.2, 0.25) is 0 Å². The fourth-order valence-corrected chi connectivity index (χ4v) is 3.34. The van der Waals surface area contributed by atoms with Gasteiger partial charge in [-0.2, -0.15) is 5.10 Å². The summed E-state index contributed by atoms with van der Waals surface area (Å²) in [6.45, 7) is 1.81. The number of carbonyl (C=O) groups excluding carboxylic acids is 1. The van der Waals surface area contributed by atoms with Gasteiger partial charge in [0.05, 0.1) is 5.69 Å². The van der Waals surface area contributed by atoms with Crippen LogP contribution >= 0.6 is 15.9 Å². The highest BCUT2D eigenvalue weighted by atomic mass is 79.9. The summed E-state index contributed by atoms with van der Waals surface area (Å²) < 4.78 is 1.03. The highest BCUT2D eigenvalue weighted by molar-refractivity contribution is 9.10. The first kappa shape index (κ1) is 14.0. The van der Waals surface area contributed by atoms with Crippen molar-refractivity contribution in [2.75, 3.05) is 13.1 Å². The van der Waals surface area contributed by atoms with Gasteiger partial charge in [-0.05, 0) is 36.5 Å². The third-order valence-corrected chi connectivity index (χ3v) is 5.08. The Morgan fingerprint density at radius 1 is 1.23 bits per heavy atom. The molecular weight excluding hydrogens is 342 g/mol. The number of aromatic nitrogens is 2. The molecule has 1 amide bonds. The molecule has 1 aliphatic heterocycles. The minimum Gasteiger partial charge on any atom is -0.337 e. The molecule has 1 aromatic carbocycles. The van der Waals surface area contributed by atoms with Gasteiger partial charge in [-0.15, -0.1) is 0 Å². The molecule has 1 saturated carbocycles. The minimum atomic E-state index is 0.0721. The number of hydrogen-bond donors (Lipinski definition) is 1. The second-order valence-corrected chi connectivity index (χ2v) is 7.34. The Bertz CT molecular complexity index is 684. The van der Waals surface area contributed by atoms with Gasteiger partial charge in [0.15, 0.2) is 0 Å². The van der Waals surface area contributed by atoms with E-state index in [-0.39, 0.29) is 5.91 Å². The summed E-state index contributed by atoms with van der Waals surface area (Å²) >= 11 is 3.42. The Labute approximate surface area is 138 Å². The van der Waals surface area contributed by atoms with E-state index in [2.05, 4.69) is 26.1 Å². The van der Waals surface area contributed by atoms with Crippen LogP contribution in [0.15, 0.2) is 34.8 Å². The summed E-state index contributed by atoms with van der Waals surface area (Å²) in [7, 11) is 0. The molecule has 114 valence electrons. The predicted octanol–water partition coefficient (Wildman–Crippen LogP) is 3.71. The molecule has 22 heavy (non-hydrogen) atoms. The first-order valence-electron chi connectivity index (χ1n) is 7.79. The van der Waals surface area contributed by atoms with Gasteiger partial charge < -0.3 is 4.90 Å². The number of rotatable bonds is 4. The van der Waals surface area contributed by atoms with Gasteiger partial charge >= 0.3 is 0 Å². The number of aromatic amines is 1. The molecule has 5 heteroatoms. The van der Waals surface area contributed by atoms with E-state index in [1.54, 1.807) is 0 Å². The van der Waals surface area contributed by atoms with Crippen LogP contribution in [0, 0.1) is 11.8 Å². The van der Waals surface area contributed by atoms with Crippen molar-refractivity contribution in [1.29, 1.82) is 0 Å². The first-order chi connectivity index (χ1) is 10.7. The standard InChI is InChI=1S/C17H18BrN3O/c18-14-5-3-13(4-6-14)15-8-16(20-19-15)17(22)21-9-12(10-21)7-11-1-2-11/h3-6,8,11-12H,1-2,7,9-10H2,(H,19,20). The van der Waals surface area contributed by atoms with E-state index in [1.165, 1.54) is 19.3 Å². The van der Waals surface area contributed by atoms with E-state index >= 15 is 0 Å². The molecule has 2 fully saturated rings. The van der Waals surface area contributed by atoms with E-state index in [1.807, 2.05) is 35.2 Å². The molecule has 4 nitrogen and oxygen atoms in total. The number of hydrogen-bond acceptors (Lipinski definition) is 2. The lowest BCUT2D eigenvalue weighted by Crippen LogP contribution is -2.50. The van der Waals surface area contributed by atoms with Gasteiger partial charge in [-0.3, -0.25) is 9.89 Å². The molecule has 2 aromatic rings. The Hall–Kier alpha value is -1.62. The average Bonchev–Trinajstić information content (AvgIpc) is 3.16. The fourth-order valence-electron chi connectivity index (χ4n) is 3.08. The SMILES string of the molecule is O=C(c1cc(-c2ccc(Br)cc2)n[nH]1)N1CC(CC2CC2)C1. The molecule has 0 unspecified atom stereocenters. The van der Waals surface area contributed by atoms with Crippen molar-refractivity contribution in [2.45, 2.75) is 19.3 Å². The summed E-state index contributed by atoms with van der Waals surface area (Å²) in [5.74, 6) is 1.73. The van der Waals surface area contributed by atoms with Crippen molar-refractivity contribution in [3.8, 4) is 11.3 Å². The Morgan fingerprint density at radius 3 is 2.64 bits per heavy atom. The molecule has 2 aliphatic rings. The highest BCUT2D eigenvalue weighted by Gasteiger charge is 2.35. The molecule has 0 bridgehead atoms. The molecule has 4 rings (SSSR count). The Balaban J connectivity index is 1.40. The van der Waals surface area contributed by atoms with Crippen LogP contribution in [0.2, 0.25) is 0 Å². The van der Waals surface area contributed by atoms with Crippen LogP contribution in [0.3, 0.4) is 0 Å². The summed E-state index contributed by atoms with van der Waals surface area (Å²) in [6.07, 6.45) is 4.08. The lowest BCUT2D eigenvalue weighted by molar-refractivity contribution is 0.0469. The molecule has 0 atom stereocenters. The zero-order chi connectivity index (χ0) is 15.1. The van der Waals surface area contributed by atoms with E-state index in [4.69, 9.17) is 0 Å². The van der Waals surface area contributed by atoms with Gasteiger partial charge in [0, 0.05) is 23.1 Å². The highest BCUT2D eigenvalue weighted by Crippen LogP contribution is 2.38. The lowest BCUT2D eigenvalue weighted by Gasteiger charge is -2.39. The number of likely N-dealkylation sites (tertiary alicyclic amines) is 1. The third kappa shape index (κ3) is 2.82. The second kappa shape index (κ2) is 5.54. The largest absolute Gasteiger partial charge is 0.337 e.